The topological polar surface area (TPSA) is 102 Å². The van der Waals surface area contributed by atoms with Gasteiger partial charge >= 0.3 is 13.8 Å². The minimum atomic E-state index is -4.66. The molecule has 2 N–H and O–H groups in total. The van der Waals surface area contributed by atoms with Gasteiger partial charge in [-0.25, -0.2) is 4.98 Å². The summed E-state index contributed by atoms with van der Waals surface area (Å²) in [7, 11) is -4.48. The molecule has 0 fully saturated rings. The number of alkyl halides is 3. The van der Waals surface area contributed by atoms with Crippen LogP contribution in [0.15, 0.2) is 59.6 Å². The summed E-state index contributed by atoms with van der Waals surface area (Å²) in [5, 5.41) is 5.60. The molecule has 0 saturated carbocycles. The first-order valence-electron chi connectivity index (χ1n) is 11.4. The van der Waals surface area contributed by atoms with Gasteiger partial charge in [0.15, 0.2) is 0 Å². The van der Waals surface area contributed by atoms with Crippen molar-refractivity contribution in [2.45, 2.75) is 37.6 Å². The van der Waals surface area contributed by atoms with Gasteiger partial charge < -0.3 is 19.7 Å². The highest BCUT2D eigenvalue weighted by atomic mass is 32.2. The summed E-state index contributed by atoms with van der Waals surface area (Å²) in [4.78, 5) is 8.43. The molecule has 13 heteroatoms. The number of nitrogens with zero attached hydrogens (tertiary/aromatic N) is 2. The molecule has 3 rings (SSSR count). The maximum Gasteiger partial charge on any atom is 0.421 e. The number of nitrogens with one attached hydrogen (secondary N) is 2. The lowest BCUT2D eigenvalue weighted by atomic mass is 10.2. The molecule has 0 saturated heterocycles. The van der Waals surface area contributed by atoms with Gasteiger partial charge in [0, 0.05) is 40.4 Å². The highest BCUT2D eigenvalue weighted by Gasteiger charge is 2.35. The molecule has 0 aliphatic rings. The highest BCUT2D eigenvalue weighted by Crippen LogP contribution is 2.51. The van der Waals surface area contributed by atoms with Crippen LogP contribution in [0, 0.1) is 0 Å². The van der Waals surface area contributed by atoms with E-state index in [0.29, 0.717) is 27.9 Å². The number of halogens is 3. The molecular formula is C24H28F3N4O4PS. The summed E-state index contributed by atoms with van der Waals surface area (Å²) in [6, 6.07) is 13.5. The standard InChI is InChI=1S/C24H28F3N4O4PS/c1-4-34-36(32,35-5-2)16-17-9-11-19(12-10-17)30-23-29-15-21(24(25,26)27)22(31-23)28-14-18-7-6-8-20(13-18)37(3)33/h6-13,15H,4-5,14,16H2,1-3H3,(H2,28,29,30,31). The molecule has 1 unspecified atom stereocenters. The Balaban J connectivity index is 1.77. The fourth-order valence-electron chi connectivity index (χ4n) is 3.37. The predicted molar refractivity (Wildman–Crippen MR) is 137 cm³/mol. The number of aromatic nitrogens is 2. The molecule has 8 nitrogen and oxygen atoms in total. The fourth-order valence-corrected chi connectivity index (χ4v) is 5.66. The maximum atomic E-state index is 13.6. The normalized spacial score (nSPS) is 12.8. The molecule has 37 heavy (non-hydrogen) atoms. The first-order chi connectivity index (χ1) is 17.5. The molecule has 3 aromatic rings. The van der Waals surface area contributed by atoms with Crippen molar-refractivity contribution in [2.24, 2.45) is 0 Å². The molecular weight excluding hydrogens is 528 g/mol. The van der Waals surface area contributed by atoms with Gasteiger partial charge in [0.1, 0.15) is 11.4 Å². The zero-order valence-corrected chi connectivity index (χ0v) is 22.3. The third kappa shape index (κ3) is 8.36. The van der Waals surface area contributed by atoms with Crippen LogP contribution in [0.2, 0.25) is 0 Å². The van der Waals surface area contributed by atoms with E-state index in [4.69, 9.17) is 9.05 Å². The molecule has 0 spiro atoms. The third-order valence-corrected chi connectivity index (χ3v) is 8.00. The second kappa shape index (κ2) is 12.6. The van der Waals surface area contributed by atoms with Crippen LogP contribution in [0.1, 0.15) is 30.5 Å². The van der Waals surface area contributed by atoms with E-state index in [1.54, 1.807) is 62.4 Å². The van der Waals surface area contributed by atoms with Crippen molar-refractivity contribution < 1.29 is 31.0 Å². The number of anilines is 3. The largest absolute Gasteiger partial charge is 0.421 e. The van der Waals surface area contributed by atoms with Crippen LogP contribution in [-0.4, -0.2) is 33.6 Å². The summed E-state index contributed by atoms with van der Waals surface area (Å²) in [5.41, 5.74) is 0.879. The molecule has 0 aliphatic carbocycles. The van der Waals surface area contributed by atoms with Crippen molar-refractivity contribution in [3.63, 3.8) is 0 Å². The van der Waals surface area contributed by atoms with E-state index >= 15 is 0 Å². The van der Waals surface area contributed by atoms with E-state index in [1.165, 1.54) is 6.26 Å². The van der Waals surface area contributed by atoms with Gasteiger partial charge in [-0.15, -0.1) is 0 Å². The number of hydrogen-bond donors (Lipinski definition) is 2. The van der Waals surface area contributed by atoms with Gasteiger partial charge in [-0.3, -0.25) is 8.77 Å². The van der Waals surface area contributed by atoms with Crippen LogP contribution in [0.25, 0.3) is 0 Å². The minimum absolute atomic E-state index is 0.0407. The smallest absolute Gasteiger partial charge is 0.365 e. The fraction of sp³-hybridized carbons (Fsp3) is 0.333. The Morgan fingerprint density at radius 3 is 2.30 bits per heavy atom. The first kappa shape index (κ1) is 28.8. The zero-order chi connectivity index (χ0) is 27.1. The lowest BCUT2D eigenvalue weighted by Gasteiger charge is -2.17. The summed E-state index contributed by atoms with van der Waals surface area (Å²) in [6.07, 6.45) is -2.33. The van der Waals surface area contributed by atoms with Crippen LogP contribution >= 0.6 is 7.60 Å². The van der Waals surface area contributed by atoms with Crippen molar-refractivity contribution in [3.8, 4) is 0 Å². The van der Waals surface area contributed by atoms with E-state index in [0.717, 1.165) is 0 Å². The summed E-state index contributed by atoms with van der Waals surface area (Å²) >= 11 is 0. The Labute approximate surface area is 216 Å². The highest BCUT2D eigenvalue weighted by molar-refractivity contribution is 7.84. The number of benzene rings is 2. The molecule has 1 atom stereocenters. The average Bonchev–Trinajstić information content (AvgIpc) is 2.84. The molecule has 0 bridgehead atoms. The van der Waals surface area contributed by atoms with Gasteiger partial charge in [-0.05, 0) is 49.2 Å². The summed E-state index contributed by atoms with van der Waals surface area (Å²) in [6.45, 7) is 4.01. The summed E-state index contributed by atoms with van der Waals surface area (Å²) in [5.74, 6) is -0.431. The van der Waals surface area contributed by atoms with Crippen LogP contribution in [0.5, 0.6) is 0 Å². The Hall–Kier alpha value is -2.79. The van der Waals surface area contributed by atoms with Gasteiger partial charge in [-0.2, -0.15) is 18.2 Å². The molecule has 0 amide bonds. The Morgan fingerprint density at radius 1 is 1.03 bits per heavy atom. The van der Waals surface area contributed by atoms with E-state index in [9.17, 15) is 21.9 Å². The van der Waals surface area contributed by atoms with Crippen molar-refractivity contribution in [1.82, 2.24) is 9.97 Å². The second-order valence-corrected chi connectivity index (χ2v) is 11.3. The third-order valence-electron chi connectivity index (χ3n) is 5.02. The second-order valence-electron chi connectivity index (χ2n) is 7.84. The molecule has 2 aromatic carbocycles. The number of rotatable bonds is 12. The van der Waals surface area contributed by atoms with Crippen molar-refractivity contribution in [3.05, 3.63) is 71.4 Å². The number of hydrogen-bond acceptors (Lipinski definition) is 8. The van der Waals surface area contributed by atoms with Crippen LogP contribution in [-0.2, 0) is 43.3 Å². The summed E-state index contributed by atoms with van der Waals surface area (Å²) < 4.78 is 75.8. The SMILES string of the molecule is CCOP(=O)(Cc1ccc(Nc2ncc(C(F)(F)F)c(NCc3cccc(S(C)=O)c3)n2)cc1)OCC. The monoisotopic (exact) mass is 556 g/mol. The average molecular weight is 557 g/mol. The van der Waals surface area contributed by atoms with Crippen molar-refractivity contribution in [2.75, 3.05) is 30.1 Å². The molecule has 0 aliphatic heterocycles. The zero-order valence-electron chi connectivity index (χ0n) is 20.5. The van der Waals surface area contributed by atoms with Gasteiger partial charge in [-0.1, -0.05) is 24.3 Å². The quantitative estimate of drug-likeness (QED) is 0.249. The van der Waals surface area contributed by atoms with Crippen LogP contribution < -0.4 is 10.6 Å². The van der Waals surface area contributed by atoms with Crippen molar-refractivity contribution in [1.29, 1.82) is 0 Å². The van der Waals surface area contributed by atoms with E-state index in [-0.39, 0.29) is 37.7 Å². The van der Waals surface area contributed by atoms with E-state index in [2.05, 4.69) is 20.6 Å². The molecule has 1 aromatic heterocycles. The molecule has 0 radical (unpaired) electrons. The predicted octanol–water partition coefficient (Wildman–Crippen LogP) is 6.35. The van der Waals surface area contributed by atoms with Crippen molar-refractivity contribution >= 4 is 35.8 Å². The Morgan fingerprint density at radius 2 is 1.70 bits per heavy atom. The maximum absolute atomic E-state index is 13.6. The van der Waals surface area contributed by atoms with Gasteiger partial charge in [0.25, 0.3) is 0 Å². The van der Waals surface area contributed by atoms with Gasteiger partial charge in [0.2, 0.25) is 5.95 Å². The van der Waals surface area contributed by atoms with Crippen LogP contribution in [0.4, 0.5) is 30.6 Å². The van der Waals surface area contributed by atoms with E-state index in [1.807, 2.05) is 0 Å². The first-order valence-corrected chi connectivity index (χ1v) is 14.7. The minimum Gasteiger partial charge on any atom is -0.365 e. The Bertz CT molecular complexity index is 1270. The Kier molecular flexibility index (Phi) is 9.83. The molecule has 200 valence electrons. The van der Waals surface area contributed by atoms with Gasteiger partial charge in [0.05, 0.1) is 19.4 Å². The lowest BCUT2D eigenvalue weighted by molar-refractivity contribution is -0.137. The van der Waals surface area contributed by atoms with Crippen LogP contribution in [0.3, 0.4) is 0 Å². The molecule has 1 heterocycles. The van der Waals surface area contributed by atoms with E-state index < -0.39 is 30.1 Å². The lowest BCUT2D eigenvalue weighted by Crippen LogP contribution is -2.14.